The second-order valence-electron chi connectivity index (χ2n) is 2.94. The van der Waals surface area contributed by atoms with Crippen LogP contribution >= 0.6 is 11.8 Å². The van der Waals surface area contributed by atoms with Crippen molar-refractivity contribution >= 4 is 11.8 Å². The van der Waals surface area contributed by atoms with Crippen molar-refractivity contribution in [2.75, 3.05) is 6.61 Å². The molecule has 3 N–H and O–H groups in total. The molecule has 66 valence electrons. The Labute approximate surface area is 70.4 Å². The SMILES string of the molecule is CC1S[C@H](CO)CC(O)C1O. The number of aliphatic hydroxyl groups is 3. The molecule has 3 nitrogen and oxygen atoms in total. The third-order valence-electron chi connectivity index (χ3n) is 1.99. The van der Waals surface area contributed by atoms with Crippen LogP contribution in [0.2, 0.25) is 0 Å². The van der Waals surface area contributed by atoms with Gasteiger partial charge in [-0.2, -0.15) is 11.8 Å². The van der Waals surface area contributed by atoms with Gasteiger partial charge in [0, 0.05) is 10.5 Å². The zero-order chi connectivity index (χ0) is 8.43. The molecule has 0 spiro atoms. The summed E-state index contributed by atoms with van der Waals surface area (Å²) in [5.41, 5.74) is 0. The topological polar surface area (TPSA) is 60.7 Å². The minimum atomic E-state index is -0.664. The van der Waals surface area contributed by atoms with E-state index < -0.39 is 12.2 Å². The summed E-state index contributed by atoms with van der Waals surface area (Å²) in [4.78, 5) is 0. The first-order chi connectivity index (χ1) is 5.15. The first-order valence-electron chi connectivity index (χ1n) is 3.77. The lowest BCUT2D eigenvalue weighted by Gasteiger charge is -2.33. The van der Waals surface area contributed by atoms with E-state index in [-0.39, 0.29) is 17.1 Å². The maximum absolute atomic E-state index is 9.31. The van der Waals surface area contributed by atoms with Crippen LogP contribution in [0.5, 0.6) is 0 Å². The molecule has 4 atom stereocenters. The predicted molar refractivity (Wildman–Crippen MR) is 44.6 cm³/mol. The Morgan fingerprint density at radius 3 is 2.55 bits per heavy atom. The van der Waals surface area contributed by atoms with Gasteiger partial charge in [0.25, 0.3) is 0 Å². The van der Waals surface area contributed by atoms with E-state index in [2.05, 4.69) is 0 Å². The lowest BCUT2D eigenvalue weighted by Crippen LogP contribution is -2.42. The molecule has 0 aromatic heterocycles. The molecule has 4 heteroatoms. The summed E-state index contributed by atoms with van der Waals surface area (Å²) in [6, 6.07) is 0. The summed E-state index contributed by atoms with van der Waals surface area (Å²) < 4.78 is 0. The molecule has 0 radical (unpaired) electrons. The molecule has 1 fully saturated rings. The van der Waals surface area contributed by atoms with Gasteiger partial charge in [0.15, 0.2) is 0 Å². The maximum atomic E-state index is 9.31. The molecule has 0 amide bonds. The van der Waals surface area contributed by atoms with E-state index in [9.17, 15) is 10.2 Å². The van der Waals surface area contributed by atoms with Gasteiger partial charge in [-0.15, -0.1) is 0 Å². The Morgan fingerprint density at radius 2 is 2.09 bits per heavy atom. The van der Waals surface area contributed by atoms with Crippen molar-refractivity contribution in [2.45, 2.75) is 36.1 Å². The quantitative estimate of drug-likeness (QED) is 0.511. The Kier molecular flexibility index (Phi) is 3.18. The van der Waals surface area contributed by atoms with E-state index in [0.717, 1.165) is 0 Å². The number of aliphatic hydroxyl groups excluding tert-OH is 3. The second kappa shape index (κ2) is 3.76. The monoisotopic (exact) mass is 178 g/mol. The fraction of sp³-hybridized carbons (Fsp3) is 1.00. The van der Waals surface area contributed by atoms with Gasteiger partial charge in [0.1, 0.15) is 0 Å². The van der Waals surface area contributed by atoms with Crippen molar-refractivity contribution in [1.29, 1.82) is 0 Å². The molecule has 0 aromatic rings. The molecule has 1 aliphatic heterocycles. The highest BCUT2D eigenvalue weighted by Crippen LogP contribution is 2.31. The van der Waals surface area contributed by atoms with Crippen molar-refractivity contribution in [1.82, 2.24) is 0 Å². The van der Waals surface area contributed by atoms with Crippen molar-refractivity contribution in [3.05, 3.63) is 0 Å². The Bertz CT molecular complexity index is 119. The molecule has 11 heavy (non-hydrogen) atoms. The van der Waals surface area contributed by atoms with Crippen LogP contribution in [0.25, 0.3) is 0 Å². The fourth-order valence-electron chi connectivity index (χ4n) is 1.28. The van der Waals surface area contributed by atoms with Crippen LogP contribution in [0, 0.1) is 0 Å². The lowest BCUT2D eigenvalue weighted by atomic mass is 10.1. The van der Waals surface area contributed by atoms with E-state index in [4.69, 9.17) is 5.11 Å². The van der Waals surface area contributed by atoms with Crippen molar-refractivity contribution in [2.24, 2.45) is 0 Å². The molecule has 3 unspecified atom stereocenters. The fourth-order valence-corrected chi connectivity index (χ4v) is 2.62. The summed E-state index contributed by atoms with van der Waals surface area (Å²) >= 11 is 1.54. The third kappa shape index (κ3) is 2.08. The van der Waals surface area contributed by atoms with Crippen molar-refractivity contribution in [3.8, 4) is 0 Å². The predicted octanol–water partition coefficient (Wildman–Crippen LogP) is -0.406. The maximum Gasteiger partial charge on any atom is 0.0915 e. The Hall–Kier alpha value is 0.230. The second-order valence-corrected chi connectivity index (χ2v) is 4.62. The smallest absolute Gasteiger partial charge is 0.0915 e. The minimum Gasteiger partial charge on any atom is -0.395 e. The van der Waals surface area contributed by atoms with Gasteiger partial charge in [-0.1, -0.05) is 6.92 Å². The number of hydrogen-bond acceptors (Lipinski definition) is 4. The zero-order valence-corrected chi connectivity index (χ0v) is 7.29. The van der Waals surface area contributed by atoms with E-state index in [0.29, 0.717) is 6.42 Å². The summed E-state index contributed by atoms with van der Waals surface area (Å²) in [5.74, 6) is 0. The van der Waals surface area contributed by atoms with Crippen LogP contribution < -0.4 is 0 Å². The van der Waals surface area contributed by atoms with Gasteiger partial charge >= 0.3 is 0 Å². The highest BCUT2D eigenvalue weighted by molar-refractivity contribution is 8.00. The zero-order valence-electron chi connectivity index (χ0n) is 6.47. The average molecular weight is 178 g/mol. The van der Waals surface area contributed by atoms with Gasteiger partial charge in [0.2, 0.25) is 0 Å². The van der Waals surface area contributed by atoms with Crippen molar-refractivity contribution in [3.63, 3.8) is 0 Å². The first-order valence-corrected chi connectivity index (χ1v) is 4.72. The van der Waals surface area contributed by atoms with Gasteiger partial charge in [-0.25, -0.2) is 0 Å². The number of rotatable bonds is 1. The summed E-state index contributed by atoms with van der Waals surface area (Å²) in [6.07, 6.45) is -0.807. The summed E-state index contributed by atoms with van der Waals surface area (Å²) in [6.45, 7) is 1.94. The van der Waals surface area contributed by atoms with Gasteiger partial charge in [-0.05, 0) is 6.42 Å². The van der Waals surface area contributed by atoms with Crippen LogP contribution in [0.3, 0.4) is 0 Å². The van der Waals surface area contributed by atoms with Gasteiger partial charge in [0.05, 0.1) is 18.8 Å². The van der Waals surface area contributed by atoms with Gasteiger partial charge < -0.3 is 15.3 Å². The van der Waals surface area contributed by atoms with E-state index >= 15 is 0 Å². The van der Waals surface area contributed by atoms with E-state index in [1.165, 1.54) is 11.8 Å². The summed E-state index contributed by atoms with van der Waals surface area (Å²) in [7, 11) is 0. The highest BCUT2D eigenvalue weighted by atomic mass is 32.2. The largest absolute Gasteiger partial charge is 0.395 e. The van der Waals surface area contributed by atoms with Gasteiger partial charge in [-0.3, -0.25) is 0 Å². The molecule has 1 aliphatic rings. The third-order valence-corrected chi connectivity index (χ3v) is 3.42. The minimum absolute atomic E-state index is 0.0240. The molecule has 1 rings (SSSR count). The van der Waals surface area contributed by atoms with Crippen LogP contribution in [0.15, 0.2) is 0 Å². The normalized spacial score (nSPS) is 45.8. The van der Waals surface area contributed by atoms with E-state index in [1.807, 2.05) is 6.92 Å². The van der Waals surface area contributed by atoms with Crippen LogP contribution in [-0.2, 0) is 0 Å². The van der Waals surface area contributed by atoms with Crippen LogP contribution in [-0.4, -0.2) is 44.6 Å². The lowest BCUT2D eigenvalue weighted by molar-refractivity contribution is 0.00819. The molecular formula is C7H14O3S. The number of thioether (sulfide) groups is 1. The molecular weight excluding hydrogens is 164 g/mol. The van der Waals surface area contributed by atoms with E-state index in [1.54, 1.807) is 0 Å². The average Bonchev–Trinajstić information content (AvgIpc) is 1.99. The molecule has 0 aromatic carbocycles. The summed E-state index contributed by atoms with van der Waals surface area (Å²) in [5, 5.41) is 27.5. The highest BCUT2D eigenvalue weighted by Gasteiger charge is 2.33. The van der Waals surface area contributed by atoms with Crippen molar-refractivity contribution < 1.29 is 15.3 Å². The number of hydrogen-bond donors (Lipinski definition) is 3. The molecule has 0 saturated carbocycles. The Morgan fingerprint density at radius 1 is 1.45 bits per heavy atom. The molecule has 1 saturated heterocycles. The Balaban J connectivity index is 2.47. The van der Waals surface area contributed by atoms with Crippen LogP contribution in [0.1, 0.15) is 13.3 Å². The van der Waals surface area contributed by atoms with Crippen LogP contribution in [0.4, 0.5) is 0 Å². The molecule has 1 heterocycles. The molecule has 0 bridgehead atoms. The molecule has 0 aliphatic carbocycles. The first kappa shape index (κ1) is 9.32. The standard InChI is InChI=1S/C7H14O3S/c1-4-7(10)6(9)2-5(3-8)11-4/h4-10H,2-3H2,1H3/t4?,5-,6?,7?/m0/s1.